The molecule has 4 atom stereocenters. The van der Waals surface area contributed by atoms with Gasteiger partial charge in [0.15, 0.2) is 5.79 Å². The van der Waals surface area contributed by atoms with Crippen LogP contribution in [0, 0.1) is 11.8 Å². The lowest BCUT2D eigenvalue weighted by atomic mass is 9.78. The molecule has 5 nitrogen and oxygen atoms in total. The first-order valence-electron chi connectivity index (χ1n) is 11.0. The van der Waals surface area contributed by atoms with Crippen LogP contribution in [0.5, 0.6) is 5.75 Å². The van der Waals surface area contributed by atoms with Crippen LogP contribution >= 0.6 is 0 Å². The minimum absolute atomic E-state index is 0.0495. The number of hydrogen-bond donors (Lipinski definition) is 0. The summed E-state index contributed by atoms with van der Waals surface area (Å²) in [5, 5.41) is 0. The zero-order valence-corrected chi connectivity index (χ0v) is 18.7. The van der Waals surface area contributed by atoms with Gasteiger partial charge in [0.25, 0.3) is 0 Å². The van der Waals surface area contributed by atoms with Gasteiger partial charge >= 0.3 is 0 Å². The molecule has 3 rings (SSSR count). The standard InChI is InChI=1S/C24H38O5/c1-17(23-21(26-5)16-28-24(2,3)29-23)22(19-9-7-6-8-10-19)27-15-18-11-13-20(25-4)14-12-18/h11-14,17,19,21-23H,6-10,15-16H2,1-5H3/t17-,21+,22-,23-/m0/s1. The van der Waals surface area contributed by atoms with Gasteiger partial charge in [0.1, 0.15) is 11.9 Å². The molecular formula is C24H38O5. The molecule has 2 aliphatic rings. The predicted molar refractivity (Wildman–Crippen MR) is 113 cm³/mol. The molecule has 0 amide bonds. The molecule has 5 heteroatoms. The molecule has 1 aromatic carbocycles. The maximum atomic E-state index is 6.60. The van der Waals surface area contributed by atoms with Crippen molar-refractivity contribution >= 4 is 0 Å². The highest BCUT2D eigenvalue weighted by molar-refractivity contribution is 5.26. The van der Waals surface area contributed by atoms with Crippen molar-refractivity contribution in [1.82, 2.24) is 0 Å². The van der Waals surface area contributed by atoms with E-state index in [0.717, 1.165) is 11.3 Å². The second kappa shape index (κ2) is 10.3. The first kappa shape index (κ1) is 22.5. The summed E-state index contributed by atoms with van der Waals surface area (Å²) >= 11 is 0. The third-order valence-electron chi connectivity index (χ3n) is 6.44. The van der Waals surface area contributed by atoms with E-state index in [1.54, 1.807) is 14.2 Å². The maximum Gasteiger partial charge on any atom is 0.163 e. The van der Waals surface area contributed by atoms with Crippen molar-refractivity contribution in [3.63, 3.8) is 0 Å². The summed E-state index contributed by atoms with van der Waals surface area (Å²) in [6.07, 6.45) is 6.36. The van der Waals surface area contributed by atoms with Crippen molar-refractivity contribution in [2.45, 2.75) is 83.6 Å². The molecule has 1 heterocycles. The second-order valence-electron chi connectivity index (χ2n) is 8.95. The summed E-state index contributed by atoms with van der Waals surface area (Å²) in [6.45, 7) is 7.36. The Kier molecular flexibility index (Phi) is 7.97. The Bertz CT molecular complexity index is 608. The summed E-state index contributed by atoms with van der Waals surface area (Å²) in [5.41, 5.74) is 1.16. The first-order chi connectivity index (χ1) is 13.9. The van der Waals surface area contributed by atoms with Crippen LogP contribution in [-0.2, 0) is 25.6 Å². The Morgan fingerprint density at radius 3 is 2.38 bits per heavy atom. The Morgan fingerprint density at radius 1 is 1.07 bits per heavy atom. The van der Waals surface area contributed by atoms with E-state index >= 15 is 0 Å². The van der Waals surface area contributed by atoms with E-state index in [9.17, 15) is 0 Å². The highest BCUT2D eigenvalue weighted by atomic mass is 16.7. The second-order valence-corrected chi connectivity index (χ2v) is 8.95. The van der Waals surface area contributed by atoms with Gasteiger partial charge in [-0.3, -0.25) is 0 Å². The van der Waals surface area contributed by atoms with Gasteiger partial charge in [-0.25, -0.2) is 0 Å². The Labute approximate surface area is 176 Å². The summed E-state index contributed by atoms with van der Waals surface area (Å²) in [7, 11) is 3.43. The van der Waals surface area contributed by atoms with Crippen molar-refractivity contribution < 1.29 is 23.7 Å². The number of methoxy groups -OCH3 is 2. The molecule has 1 saturated carbocycles. The molecule has 1 aliphatic heterocycles. The largest absolute Gasteiger partial charge is 0.497 e. The summed E-state index contributed by atoms with van der Waals surface area (Å²) in [6, 6.07) is 8.13. The average molecular weight is 407 g/mol. The van der Waals surface area contributed by atoms with Crippen LogP contribution in [0.3, 0.4) is 0 Å². The van der Waals surface area contributed by atoms with E-state index in [4.69, 9.17) is 23.7 Å². The normalized spacial score (nSPS) is 27.3. The Hall–Kier alpha value is -1.14. The lowest BCUT2D eigenvalue weighted by Crippen LogP contribution is -2.55. The third kappa shape index (κ3) is 5.94. The quantitative estimate of drug-likeness (QED) is 0.610. The number of benzene rings is 1. The molecule has 0 radical (unpaired) electrons. The van der Waals surface area contributed by atoms with Gasteiger partial charge in [-0.05, 0) is 50.3 Å². The third-order valence-corrected chi connectivity index (χ3v) is 6.44. The molecule has 0 N–H and O–H groups in total. The first-order valence-corrected chi connectivity index (χ1v) is 11.0. The average Bonchev–Trinajstić information content (AvgIpc) is 2.74. The number of rotatable bonds is 8. The molecule has 1 saturated heterocycles. The van der Waals surface area contributed by atoms with Gasteiger partial charge in [0, 0.05) is 13.0 Å². The summed E-state index contributed by atoms with van der Waals surface area (Å²) in [5.74, 6) is 1.04. The summed E-state index contributed by atoms with van der Waals surface area (Å²) in [4.78, 5) is 0. The number of ether oxygens (including phenoxy) is 5. The monoisotopic (exact) mass is 406 g/mol. The van der Waals surface area contributed by atoms with Crippen molar-refractivity contribution in [3.05, 3.63) is 29.8 Å². The lowest BCUT2D eigenvalue weighted by molar-refractivity contribution is -0.322. The van der Waals surface area contributed by atoms with Crippen LogP contribution in [-0.4, -0.2) is 44.9 Å². The smallest absolute Gasteiger partial charge is 0.163 e. The molecule has 164 valence electrons. The summed E-state index contributed by atoms with van der Waals surface area (Å²) < 4.78 is 29.8. The molecule has 0 bridgehead atoms. The van der Waals surface area contributed by atoms with Crippen molar-refractivity contribution in [2.24, 2.45) is 11.8 Å². The molecule has 0 spiro atoms. The minimum Gasteiger partial charge on any atom is -0.497 e. The SMILES string of the molecule is COc1ccc(CO[C@H](C2CCCCC2)[C@H](C)[C@@H]2OC(C)(C)OC[C@H]2OC)cc1. The lowest BCUT2D eigenvalue weighted by Gasteiger charge is -2.46. The van der Waals surface area contributed by atoms with E-state index in [-0.39, 0.29) is 24.2 Å². The number of hydrogen-bond acceptors (Lipinski definition) is 5. The zero-order valence-electron chi connectivity index (χ0n) is 18.7. The molecule has 2 fully saturated rings. The van der Waals surface area contributed by atoms with Crippen LogP contribution < -0.4 is 4.74 Å². The van der Waals surface area contributed by atoms with Crippen LogP contribution in [0.1, 0.15) is 58.4 Å². The fourth-order valence-electron chi connectivity index (χ4n) is 4.74. The molecule has 1 aliphatic carbocycles. The zero-order chi connectivity index (χ0) is 20.9. The molecule has 1 aromatic rings. The van der Waals surface area contributed by atoms with E-state index < -0.39 is 5.79 Å². The minimum atomic E-state index is -0.596. The van der Waals surface area contributed by atoms with Crippen molar-refractivity contribution in [2.75, 3.05) is 20.8 Å². The van der Waals surface area contributed by atoms with Crippen LogP contribution in [0.4, 0.5) is 0 Å². The van der Waals surface area contributed by atoms with E-state index in [1.165, 1.54) is 32.1 Å². The Morgan fingerprint density at radius 2 is 1.76 bits per heavy atom. The van der Waals surface area contributed by atoms with Gasteiger partial charge < -0.3 is 23.7 Å². The van der Waals surface area contributed by atoms with Crippen LogP contribution in [0.15, 0.2) is 24.3 Å². The topological polar surface area (TPSA) is 46.2 Å². The molecule has 0 unspecified atom stereocenters. The van der Waals surface area contributed by atoms with Gasteiger partial charge in [0.2, 0.25) is 0 Å². The van der Waals surface area contributed by atoms with Crippen molar-refractivity contribution in [1.29, 1.82) is 0 Å². The van der Waals surface area contributed by atoms with Crippen molar-refractivity contribution in [3.8, 4) is 5.75 Å². The van der Waals surface area contributed by atoms with E-state index in [0.29, 0.717) is 19.1 Å². The van der Waals surface area contributed by atoms with Crippen LogP contribution in [0.25, 0.3) is 0 Å². The molecule has 29 heavy (non-hydrogen) atoms. The molecular weight excluding hydrogens is 368 g/mol. The van der Waals surface area contributed by atoms with Gasteiger partial charge in [0.05, 0.1) is 32.5 Å². The Balaban J connectivity index is 1.74. The molecule has 0 aromatic heterocycles. The highest BCUT2D eigenvalue weighted by Crippen LogP contribution is 2.37. The van der Waals surface area contributed by atoms with Gasteiger partial charge in [-0.15, -0.1) is 0 Å². The van der Waals surface area contributed by atoms with Gasteiger partial charge in [-0.1, -0.05) is 38.3 Å². The van der Waals surface area contributed by atoms with Crippen LogP contribution in [0.2, 0.25) is 0 Å². The van der Waals surface area contributed by atoms with E-state index in [1.807, 2.05) is 26.0 Å². The maximum absolute atomic E-state index is 6.60. The fraction of sp³-hybridized carbons (Fsp3) is 0.750. The highest BCUT2D eigenvalue weighted by Gasteiger charge is 2.44. The van der Waals surface area contributed by atoms with Gasteiger partial charge in [-0.2, -0.15) is 0 Å². The predicted octanol–water partition coefficient (Wildman–Crippen LogP) is 4.96. The van der Waals surface area contributed by atoms with E-state index in [2.05, 4.69) is 19.1 Å². The fourth-order valence-corrected chi connectivity index (χ4v) is 4.74.